The number of rotatable bonds is 4. The average Bonchev–Trinajstić information content (AvgIpc) is 2.91. The second-order valence-corrected chi connectivity index (χ2v) is 4.96. The Morgan fingerprint density at radius 1 is 1.24 bits per heavy atom. The Kier molecular flexibility index (Phi) is 3.44. The standard InChI is InChI=1S/C17H16N2O2/c1-2-10-19-15(6-7-16(19)17(20)21)14-5-3-4-12-11-18-9-8-13(12)14/h3-9,11H,2,10H2,1H3,(H,20,21). The average molecular weight is 280 g/mol. The topological polar surface area (TPSA) is 55.1 Å². The first-order valence-electron chi connectivity index (χ1n) is 6.98. The van der Waals surface area contributed by atoms with Crippen LogP contribution in [-0.4, -0.2) is 20.6 Å². The lowest BCUT2D eigenvalue weighted by molar-refractivity contribution is 0.0685. The molecule has 0 unspecified atom stereocenters. The van der Waals surface area contributed by atoms with Gasteiger partial charge in [-0.1, -0.05) is 25.1 Å². The lowest BCUT2D eigenvalue weighted by Crippen LogP contribution is -2.09. The highest BCUT2D eigenvalue weighted by Gasteiger charge is 2.15. The summed E-state index contributed by atoms with van der Waals surface area (Å²) in [5.41, 5.74) is 2.31. The second kappa shape index (κ2) is 5.40. The number of pyridine rings is 1. The molecule has 0 radical (unpaired) electrons. The number of carboxylic acid groups (broad SMARTS) is 1. The van der Waals surface area contributed by atoms with E-state index in [2.05, 4.69) is 4.98 Å². The number of hydrogen-bond acceptors (Lipinski definition) is 2. The zero-order chi connectivity index (χ0) is 14.8. The summed E-state index contributed by atoms with van der Waals surface area (Å²) in [7, 11) is 0. The predicted molar refractivity (Wildman–Crippen MR) is 82.4 cm³/mol. The number of carbonyl (C=O) groups is 1. The first-order chi connectivity index (χ1) is 10.2. The minimum Gasteiger partial charge on any atom is -0.477 e. The van der Waals surface area contributed by atoms with Crippen LogP contribution in [-0.2, 0) is 6.54 Å². The quantitative estimate of drug-likeness (QED) is 0.790. The Morgan fingerprint density at radius 3 is 2.86 bits per heavy atom. The Labute approximate surface area is 122 Å². The van der Waals surface area contributed by atoms with Crippen molar-refractivity contribution in [2.24, 2.45) is 0 Å². The molecule has 2 heterocycles. The molecule has 0 aliphatic carbocycles. The molecule has 3 aromatic rings. The van der Waals surface area contributed by atoms with Crippen LogP contribution in [0.5, 0.6) is 0 Å². The highest BCUT2D eigenvalue weighted by atomic mass is 16.4. The van der Waals surface area contributed by atoms with Gasteiger partial charge in [-0.2, -0.15) is 0 Å². The van der Waals surface area contributed by atoms with E-state index in [1.54, 1.807) is 12.3 Å². The van der Waals surface area contributed by atoms with E-state index < -0.39 is 5.97 Å². The van der Waals surface area contributed by atoms with Crippen molar-refractivity contribution in [2.75, 3.05) is 0 Å². The third-order valence-electron chi connectivity index (χ3n) is 3.60. The molecule has 21 heavy (non-hydrogen) atoms. The van der Waals surface area contributed by atoms with Gasteiger partial charge in [0.2, 0.25) is 0 Å². The van der Waals surface area contributed by atoms with Gasteiger partial charge in [0, 0.05) is 35.6 Å². The molecule has 0 saturated heterocycles. The number of hydrogen-bond donors (Lipinski definition) is 1. The van der Waals surface area contributed by atoms with Gasteiger partial charge in [-0.25, -0.2) is 4.79 Å². The van der Waals surface area contributed by atoms with Gasteiger partial charge in [0.05, 0.1) is 0 Å². The van der Waals surface area contributed by atoms with Gasteiger partial charge in [-0.05, 0) is 30.0 Å². The molecule has 0 aliphatic heterocycles. The van der Waals surface area contributed by atoms with Crippen LogP contribution >= 0.6 is 0 Å². The van der Waals surface area contributed by atoms with E-state index in [1.165, 1.54) is 0 Å². The van der Waals surface area contributed by atoms with E-state index in [1.807, 2.05) is 48.0 Å². The largest absolute Gasteiger partial charge is 0.477 e. The fraction of sp³-hybridized carbons (Fsp3) is 0.176. The van der Waals surface area contributed by atoms with Crippen LogP contribution in [0.15, 0.2) is 48.8 Å². The molecule has 1 aromatic carbocycles. The van der Waals surface area contributed by atoms with Crippen LogP contribution in [0.4, 0.5) is 0 Å². The maximum atomic E-state index is 11.4. The van der Waals surface area contributed by atoms with Gasteiger partial charge in [0.1, 0.15) is 5.69 Å². The Morgan fingerprint density at radius 2 is 2.10 bits per heavy atom. The summed E-state index contributed by atoms with van der Waals surface area (Å²) in [6.45, 7) is 2.73. The number of fused-ring (bicyclic) bond motifs is 1. The van der Waals surface area contributed by atoms with Crippen molar-refractivity contribution in [3.63, 3.8) is 0 Å². The van der Waals surface area contributed by atoms with Crippen LogP contribution in [0.3, 0.4) is 0 Å². The molecule has 4 nitrogen and oxygen atoms in total. The number of aromatic nitrogens is 2. The van der Waals surface area contributed by atoms with Gasteiger partial charge >= 0.3 is 5.97 Å². The maximum Gasteiger partial charge on any atom is 0.352 e. The smallest absolute Gasteiger partial charge is 0.352 e. The van der Waals surface area contributed by atoms with E-state index in [9.17, 15) is 9.90 Å². The SMILES string of the molecule is CCCn1c(C(=O)O)ccc1-c1cccc2cnccc12. The molecule has 3 rings (SSSR count). The predicted octanol–water partition coefficient (Wildman–Crippen LogP) is 3.81. The zero-order valence-corrected chi connectivity index (χ0v) is 11.8. The molecule has 0 amide bonds. The third-order valence-corrected chi connectivity index (χ3v) is 3.60. The van der Waals surface area contributed by atoms with Crippen molar-refractivity contribution in [3.05, 3.63) is 54.5 Å². The molecule has 1 N–H and O–H groups in total. The molecular weight excluding hydrogens is 264 g/mol. The van der Waals surface area contributed by atoms with Gasteiger partial charge in [-0.15, -0.1) is 0 Å². The van der Waals surface area contributed by atoms with Crippen molar-refractivity contribution >= 4 is 16.7 Å². The molecule has 0 fully saturated rings. The number of benzene rings is 1. The maximum absolute atomic E-state index is 11.4. The van der Waals surface area contributed by atoms with Crippen molar-refractivity contribution in [1.82, 2.24) is 9.55 Å². The summed E-state index contributed by atoms with van der Waals surface area (Å²) < 4.78 is 1.87. The molecule has 106 valence electrons. The Hall–Kier alpha value is -2.62. The highest BCUT2D eigenvalue weighted by molar-refractivity contribution is 5.96. The normalized spacial score (nSPS) is 10.9. The van der Waals surface area contributed by atoms with Crippen LogP contribution < -0.4 is 0 Å². The molecule has 0 bridgehead atoms. The molecule has 0 aliphatic rings. The lowest BCUT2D eigenvalue weighted by atomic mass is 10.0. The highest BCUT2D eigenvalue weighted by Crippen LogP contribution is 2.30. The third kappa shape index (κ3) is 2.29. The summed E-state index contributed by atoms with van der Waals surface area (Å²) in [4.78, 5) is 15.5. The minimum atomic E-state index is -0.892. The fourth-order valence-electron chi connectivity index (χ4n) is 2.70. The summed E-state index contributed by atoms with van der Waals surface area (Å²) in [5, 5.41) is 11.5. The lowest BCUT2D eigenvalue weighted by Gasteiger charge is -2.12. The molecule has 0 atom stereocenters. The van der Waals surface area contributed by atoms with E-state index >= 15 is 0 Å². The van der Waals surface area contributed by atoms with E-state index in [4.69, 9.17) is 0 Å². The van der Waals surface area contributed by atoms with Crippen LogP contribution in [0, 0.1) is 0 Å². The fourth-order valence-corrected chi connectivity index (χ4v) is 2.70. The first-order valence-corrected chi connectivity index (χ1v) is 6.98. The monoisotopic (exact) mass is 280 g/mol. The first kappa shape index (κ1) is 13.4. The number of carboxylic acids is 1. The minimum absolute atomic E-state index is 0.331. The van der Waals surface area contributed by atoms with E-state index in [0.29, 0.717) is 12.2 Å². The van der Waals surface area contributed by atoms with E-state index in [0.717, 1.165) is 28.5 Å². The number of aromatic carboxylic acids is 1. The molecule has 4 heteroatoms. The van der Waals surface area contributed by atoms with Crippen molar-refractivity contribution in [2.45, 2.75) is 19.9 Å². The van der Waals surface area contributed by atoms with Crippen molar-refractivity contribution in [1.29, 1.82) is 0 Å². The summed E-state index contributed by atoms with van der Waals surface area (Å²) >= 11 is 0. The van der Waals surface area contributed by atoms with Crippen molar-refractivity contribution in [3.8, 4) is 11.3 Å². The van der Waals surface area contributed by atoms with E-state index in [-0.39, 0.29) is 0 Å². The van der Waals surface area contributed by atoms with Crippen LogP contribution in [0.1, 0.15) is 23.8 Å². The second-order valence-electron chi connectivity index (χ2n) is 4.96. The molecule has 0 saturated carbocycles. The van der Waals surface area contributed by atoms with Crippen LogP contribution in [0.25, 0.3) is 22.0 Å². The van der Waals surface area contributed by atoms with Gasteiger partial charge < -0.3 is 9.67 Å². The Balaban J connectivity index is 2.26. The van der Waals surface area contributed by atoms with Gasteiger partial charge in [-0.3, -0.25) is 4.98 Å². The van der Waals surface area contributed by atoms with Crippen molar-refractivity contribution < 1.29 is 9.90 Å². The zero-order valence-electron chi connectivity index (χ0n) is 11.8. The molecular formula is C17H16N2O2. The summed E-state index contributed by atoms with van der Waals surface area (Å²) in [6, 6.07) is 11.5. The van der Waals surface area contributed by atoms with Gasteiger partial charge in [0.25, 0.3) is 0 Å². The molecule has 0 spiro atoms. The summed E-state index contributed by atoms with van der Waals surface area (Å²) in [6.07, 6.45) is 4.47. The van der Waals surface area contributed by atoms with Gasteiger partial charge in [0.15, 0.2) is 0 Å². The molecule has 2 aromatic heterocycles. The summed E-state index contributed by atoms with van der Waals surface area (Å²) in [5.74, 6) is -0.892. The number of nitrogens with zero attached hydrogens (tertiary/aromatic N) is 2. The van der Waals surface area contributed by atoms with Crippen LogP contribution in [0.2, 0.25) is 0 Å². The Bertz CT molecular complexity index is 800.